The summed E-state index contributed by atoms with van der Waals surface area (Å²) in [5, 5.41) is 8.64. The largest absolute Gasteiger partial charge is 0.444 e. The summed E-state index contributed by atoms with van der Waals surface area (Å²) in [4.78, 5) is 13.1. The van der Waals surface area contributed by atoms with E-state index in [4.69, 9.17) is 4.74 Å². The van der Waals surface area contributed by atoms with Crippen LogP contribution in [0.25, 0.3) is 0 Å². The molecule has 0 unspecified atom stereocenters. The lowest BCUT2D eigenvalue weighted by atomic mass is 9.87. The molecule has 1 amide bonds. The first-order valence-corrected chi connectivity index (χ1v) is 8.53. The summed E-state index contributed by atoms with van der Waals surface area (Å²) >= 11 is 1.82. The molecule has 0 saturated heterocycles. The second-order valence-electron chi connectivity index (χ2n) is 6.61. The van der Waals surface area contributed by atoms with E-state index in [1.165, 1.54) is 10.4 Å². The number of alkyl carbamates (subject to hydrolysis) is 1. The van der Waals surface area contributed by atoms with Crippen LogP contribution in [0.4, 0.5) is 4.79 Å². The Kier molecular flexibility index (Phi) is 5.27. The van der Waals surface area contributed by atoms with Gasteiger partial charge in [-0.2, -0.15) is 0 Å². The Morgan fingerprint density at radius 2 is 2.10 bits per heavy atom. The first kappa shape index (κ1) is 16.3. The average Bonchev–Trinajstić information content (AvgIpc) is 2.76. The number of aryl methyl sites for hydroxylation is 1. The minimum Gasteiger partial charge on any atom is -0.444 e. The fraction of sp³-hybridized carbons (Fsp3) is 0.688. The first-order valence-electron chi connectivity index (χ1n) is 7.65. The molecule has 0 spiro atoms. The first-order chi connectivity index (χ1) is 9.87. The summed E-state index contributed by atoms with van der Waals surface area (Å²) in [6.07, 6.45) is 2.74. The van der Waals surface area contributed by atoms with Gasteiger partial charge in [-0.15, -0.1) is 11.3 Å². The Hall–Kier alpha value is -1.07. The molecule has 0 radical (unpaired) electrons. The van der Waals surface area contributed by atoms with E-state index in [1.807, 2.05) is 32.1 Å². The quantitative estimate of drug-likeness (QED) is 0.875. The number of rotatable bonds is 5. The van der Waals surface area contributed by atoms with E-state index in [0.29, 0.717) is 6.04 Å². The van der Waals surface area contributed by atoms with Gasteiger partial charge in [-0.25, -0.2) is 4.79 Å². The van der Waals surface area contributed by atoms with Gasteiger partial charge in [0.05, 0.1) is 0 Å². The zero-order valence-electron chi connectivity index (χ0n) is 13.4. The van der Waals surface area contributed by atoms with Gasteiger partial charge in [-0.05, 0) is 57.0 Å². The van der Waals surface area contributed by atoms with Gasteiger partial charge in [-0.3, -0.25) is 0 Å². The van der Waals surface area contributed by atoms with Crippen LogP contribution in [0.3, 0.4) is 0 Å². The van der Waals surface area contributed by atoms with E-state index >= 15 is 0 Å². The molecule has 0 aliphatic heterocycles. The highest BCUT2D eigenvalue weighted by molar-refractivity contribution is 7.10. The summed E-state index contributed by atoms with van der Waals surface area (Å²) < 4.78 is 5.26. The Morgan fingerprint density at radius 3 is 2.71 bits per heavy atom. The van der Waals surface area contributed by atoms with Crippen LogP contribution in [0.15, 0.2) is 11.4 Å². The second kappa shape index (κ2) is 6.79. The summed E-state index contributed by atoms with van der Waals surface area (Å²) in [6.45, 7) is 8.76. The lowest BCUT2D eigenvalue weighted by Gasteiger charge is -2.36. The molecule has 1 aliphatic carbocycles. The van der Waals surface area contributed by atoms with Gasteiger partial charge in [-0.1, -0.05) is 6.92 Å². The number of ether oxygens (including phenoxy) is 1. The van der Waals surface area contributed by atoms with E-state index in [-0.39, 0.29) is 12.1 Å². The van der Waals surface area contributed by atoms with Crippen LogP contribution in [0.5, 0.6) is 0 Å². The van der Waals surface area contributed by atoms with E-state index in [9.17, 15) is 4.79 Å². The van der Waals surface area contributed by atoms with E-state index in [2.05, 4.69) is 29.0 Å². The van der Waals surface area contributed by atoms with E-state index in [0.717, 1.165) is 25.8 Å². The highest BCUT2D eigenvalue weighted by Crippen LogP contribution is 2.23. The molecule has 1 aliphatic rings. The normalized spacial score (nSPS) is 21.7. The van der Waals surface area contributed by atoms with Crippen LogP contribution in [0, 0.1) is 0 Å². The number of nitrogens with one attached hydrogen (secondary N) is 2. The molecule has 0 aromatic carbocycles. The van der Waals surface area contributed by atoms with Crippen LogP contribution in [0.1, 0.15) is 51.0 Å². The highest BCUT2D eigenvalue weighted by atomic mass is 32.1. The molecular weight excluding hydrogens is 284 g/mol. The van der Waals surface area contributed by atoms with Crippen LogP contribution in [0.2, 0.25) is 0 Å². The lowest BCUT2D eigenvalue weighted by Crippen LogP contribution is -2.52. The Morgan fingerprint density at radius 1 is 1.38 bits per heavy atom. The van der Waals surface area contributed by atoms with Crippen LogP contribution < -0.4 is 10.6 Å². The Balaban J connectivity index is 1.64. The van der Waals surface area contributed by atoms with Crippen LogP contribution in [-0.4, -0.2) is 23.8 Å². The zero-order valence-corrected chi connectivity index (χ0v) is 14.2. The second-order valence-corrected chi connectivity index (χ2v) is 7.62. The lowest BCUT2D eigenvalue weighted by molar-refractivity contribution is 0.0465. The number of carbonyl (C=O) groups excluding carboxylic acids is 1. The van der Waals surface area contributed by atoms with E-state index < -0.39 is 5.60 Å². The van der Waals surface area contributed by atoms with Crippen LogP contribution >= 0.6 is 11.3 Å². The van der Waals surface area contributed by atoms with Crippen molar-refractivity contribution in [2.45, 2.75) is 71.2 Å². The predicted molar refractivity (Wildman–Crippen MR) is 86.7 cm³/mol. The fourth-order valence-electron chi connectivity index (χ4n) is 2.45. The molecule has 5 heteroatoms. The molecule has 1 saturated carbocycles. The maximum atomic E-state index is 11.6. The molecule has 4 nitrogen and oxygen atoms in total. The van der Waals surface area contributed by atoms with Gasteiger partial charge < -0.3 is 15.4 Å². The van der Waals surface area contributed by atoms with Gasteiger partial charge in [0.25, 0.3) is 0 Å². The molecule has 1 aromatic heterocycles. The summed E-state index contributed by atoms with van der Waals surface area (Å²) in [5.41, 5.74) is 1.01. The smallest absolute Gasteiger partial charge is 0.407 e. The average molecular weight is 310 g/mol. The number of hydrogen-bond acceptors (Lipinski definition) is 4. The third-order valence-corrected chi connectivity index (χ3v) is 4.59. The monoisotopic (exact) mass is 310 g/mol. The zero-order chi connectivity index (χ0) is 15.5. The number of thiophene rings is 1. The minimum atomic E-state index is -0.429. The SMILES string of the molecule is CCc1ccsc1CNC1CC(NC(=O)OC(C)(C)C)C1. The molecule has 1 heterocycles. The number of carbonyl (C=O) groups is 1. The molecule has 1 fully saturated rings. The third-order valence-electron chi connectivity index (χ3n) is 3.63. The molecule has 2 N–H and O–H groups in total. The molecule has 1 aromatic rings. The van der Waals surface area contributed by atoms with Crippen molar-refractivity contribution in [1.29, 1.82) is 0 Å². The topological polar surface area (TPSA) is 50.4 Å². The van der Waals surface area contributed by atoms with Crippen molar-refractivity contribution in [3.05, 3.63) is 21.9 Å². The van der Waals surface area contributed by atoms with Crippen molar-refractivity contribution in [2.75, 3.05) is 0 Å². The minimum absolute atomic E-state index is 0.242. The van der Waals surface area contributed by atoms with Gasteiger partial charge in [0, 0.05) is 23.5 Å². The molecule has 0 bridgehead atoms. The molecule has 2 rings (SSSR count). The molecule has 0 atom stereocenters. The van der Waals surface area contributed by atoms with Crippen molar-refractivity contribution in [3.8, 4) is 0 Å². The standard InChI is InChI=1S/C16H26N2O2S/c1-5-11-6-7-21-14(11)10-17-12-8-13(9-12)18-15(19)20-16(2,3)4/h6-7,12-13,17H,5,8-10H2,1-4H3,(H,18,19). The Labute approximate surface area is 131 Å². The van der Waals surface area contributed by atoms with Crippen molar-refractivity contribution >= 4 is 17.4 Å². The predicted octanol–water partition coefficient (Wildman–Crippen LogP) is 3.46. The van der Waals surface area contributed by atoms with Crippen LogP contribution in [-0.2, 0) is 17.7 Å². The van der Waals surface area contributed by atoms with Gasteiger partial charge >= 0.3 is 6.09 Å². The highest BCUT2D eigenvalue weighted by Gasteiger charge is 2.31. The summed E-state index contributed by atoms with van der Waals surface area (Å²) in [7, 11) is 0. The number of hydrogen-bond donors (Lipinski definition) is 2. The maximum Gasteiger partial charge on any atom is 0.407 e. The summed E-state index contributed by atoms with van der Waals surface area (Å²) in [5.74, 6) is 0. The van der Waals surface area contributed by atoms with Crippen molar-refractivity contribution in [3.63, 3.8) is 0 Å². The van der Waals surface area contributed by atoms with Gasteiger partial charge in [0.1, 0.15) is 5.60 Å². The molecular formula is C16H26N2O2S. The van der Waals surface area contributed by atoms with Crippen molar-refractivity contribution < 1.29 is 9.53 Å². The fourth-order valence-corrected chi connectivity index (χ4v) is 3.38. The van der Waals surface area contributed by atoms with Crippen molar-refractivity contribution in [2.24, 2.45) is 0 Å². The van der Waals surface area contributed by atoms with Gasteiger partial charge in [0.2, 0.25) is 0 Å². The molecule has 21 heavy (non-hydrogen) atoms. The molecule has 118 valence electrons. The third kappa shape index (κ3) is 5.00. The number of amides is 1. The summed E-state index contributed by atoms with van der Waals surface area (Å²) in [6, 6.07) is 2.94. The van der Waals surface area contributed by atoms with Gasteiger partial charge in [0.15, 0.2) is 0 Å². The van der Waals surface area contributed by atoms with Crippen molar-refractivity contribution in [1.82, 2.24) is 10.6 Å². The Bertz CT molecular complexity index is 473. The maximum absolute atomic E-state index is 11.6. The van der Waals surface area contributed by atoms with E-state index in [1.54, 1.807) is 0 Å².